The molecule has 0 aliphatic heterocycles. The number of rotatable bonds is 7. The Labute approximate surface area is 152 Å². The molecule has 0 radical (unpaired) electrons. The molecule has 6 heteroatoms. The number of thiazole rings is 1. The minimum atomic E-state index is -0.109. The van der Waals surface area contributed by atoms with Crippen LogP contribution in [-0.4, -0.2) is 47.5 Å². The summed E-state index contributed by atoms with van der Waals surface area (Å²) in [5.74, 6) is -0.109. The zero-order valence-electron chi connectivity index (χ0n) is 15.0. The highest BCUT2D eigenvalue weighted by Crippen LogP contribution is 2.30. The molecule has 0 spiro atoms. The van der Waals surface area contributed by atoms with Gasteiger partial charge in [0, 0.05) is 35.9 Å². The summed E-state index contributed by atoms with van der Waals surface area (Å²) in [5.41, 5.74) is 2.79. The van der Waals surface area contributed by atoms with Gasteiger partial charge in [0.2, 0.25) is 0 Å². The maximum atomic E-state index is 12.3. The van der Waals surface area contributed by atoms with Gasteiger partial charge in [-0.3, -0.25) is 4.79 Å². The molecule has 0 aliphatic carbocycles. The molecule has 1 aromatic carbocycles. The Bertz CT molecular complexity index is 865. The van der Waals surface area contributed by atoms with Crippen LogP contribution in [0.2, 0.25) is 0 Å². The molecule has 132 valence electrons. The first-order valence-electron chi connectivity index (χ1n) is 8.57. The van der Waals surface area contributed by atoms with E-state index >= 15 is 0 Å². The summed E-state index contributed by atoms with van der Waals surface area (Å²) < 4.78 is 2.29. The van der Waals surface area contributed by atoms with Crippen molar-refractivity contribution < 1.29 is 4.79 Å². The molecule has 0 atom stereocenters. The van der Waals surface area contributed by atoms with Crippen LogP contribution in [0.5, 0.6) is 0 Å². The van der Waals surface area contributed by atoms with Gasteiger partial charge >= 0.3 is 0 Å². The van der Waals surface area contributed by atoms with Crippen LogP contribution in [0, 0.1) is 0 Å². The summed E-state index contributed by atoms with van der Waals surface area (Å²) in [4.78, 5) is 18.9. The van der Waals surface area contributed by atoms with Gasteiger partial charge in [-0.15, -0.1) is 11.3 Å². The second-order valence-electron chi connectivity index (χ2n) is 6.34. The Morgan fingerprint density at radius 2 is 2.12 bits per heavy atom. The zero-order chi connectivity index (χ0) is 17.8. The van der Waals surface area contributed by atoms with Gasteiger partial charge in [0.05, 0.1) is 5.69 Å². The molecule has 3 rings (SSSR count). The maximum absolute atomic E-state index is 12.3. The first kappa shape index (κ1) is 17.6. The van der Waals surface area contributed by atoms with E-state index in [2.05, 4.69) is 46.1 Å². The van der Waals surface area contributed by atoms with Crippen molar-refractivity contribution in [2.45, 2.75) is 19.9 Å². The molecule has 0 fully saturated rings. The van der Waals surface area contributed by atoms with Gasteiger partial charge in [0.1, 0.15) is 10.7 Å². The summed E-state index contributed by atoms with van der Waals surface area (Å²) in [6.07, 6.45) is 1.05. The van der Waals surface area contributed by atoms with Crippen LogP contribution in [0.1, 0.15) is 23.8 Å². The van der Waals surface area contributed by atoms with Gasteiger partial charge in [-0.05, 0) is 32.6 Å². The third-order valence-electron chi connectivity index (χ3n) is 4.06. The van der Waals surface area contributed by atoms with E-state index in [9.17, 15) is 4.79 Å². The summed E-state index contributed by atoms with van der Waals surface area (Å²) in [6.45, 7) is 4.54. The Hall–Kier alpha value is -2.18. The van der Waals surface area contributed by atoms with Crippen LogP contribution in [0.3, 0.4) is 0 Å². The molecule has 1 amide bonds. The SMILES string of the molecule is CCCn1c(-c2nc(C(=O)NCCN(C)C)cs2)cc2ccccc21. The van der Waals surface area contributed by atoms with E-state index in [-0.39, 0.29) is 5.91 Å². The highest BCUT2D eigenvalue weighted by molar-refractivity contribution is 7.13. The van der Waals surface area contributed by atoms with Crippen molar-refractivity contribution in [2.75, 3.05) is 27.2 Å². The van der Waals surface area contributed by atoms with E-state index in [1.54, 1.807) is 0 Å². The lowest BCUT2D eigenvalue weighted by Crippen LogP contribution is -2.31. The molecule has 25 heavy (non-hydrogen) atoms. The highest BCUT2D eigenvalue weighted by Gasteiger charge is 2.16. The van der Waals surface area contributed by atoms with Crippen molar-refractivity contribution in [3.8, 4) is 10.7 Å². The number of amides is 1. The molecule has 5 nitrogen and oxygen atoms in total. The number of aryl methyl sites for hydroxylation is 1. The van der Waals surface area contributed by atoms with Crippen LogP contribution in [0.25, 0.3) is 21.6 Å². The van der Waals surface area contributed by atoms with Crippen molar-refractivity contribution in [1.82, 2.24) is 19.8 Å². The van der Waals surface area contributed by atoms with E-state index in [1.807, 2.05) is 30.4 Å². The monoisotopic (exact) mass is 356 g/mol. The van der Waals surface area contributed by atoms with Crippen LogP contribution in [0.4, 0.5) is 0 Å². The number of benzene rings is 1. The normalized spacial score (nSPS) is 11.4. The van der Waals surface area contributed by atoms with Crippen molar-refractivity contribution in [3.63, 3.8) is 0 Å². The van der Waals surface area contributed by atoms with Crippen molar-refractivity contribution in [1.29, 1.82) is 0 Å². The quantitative estimate of drug-likeness (QED) is 0.705. The molecule has 0 aliphatic rings. The molecule has 0 saturated heterocycles. The number of para-hydroxylation sites is 1. The number of likely N-dealkylation sites (N-methyl/N-ethyl adjacent to an activating group) is 1. The standard InChI is InChI=1S/C19H24N4OS/c1-4-10-23-16-8-6-5-7-14(16)12-17(23)19-21-15(13-25-19)18(24)20-9-11-22(2)3/h5-8,12-13H,4,9-11H2,1-3H3,(H,20,24). The molecular formula is C19H24N4OS. The lowest BCUT2D eigenvalue weighted by molar-refractivity contribution is 0.0947. The smallest absolute Gasteiger partial charge is 0.270 e. The van der Waals surface area contributed by atoms with Crippen LogP contribution < -0.4 is 5.32 Å². The molecule has 2 aromatic heterocycles. The van der Waals surface area contributed by atoms with E-state index < -0.39 is 0 Å². The minimum Gasteiger partial charge on any atom is -0.349 e. The Balaban J connectivity index is 1.86. The van der Waals surface area contributed by atoms with E-state index in [4.69, 9.17) is 0 Å². The molecule has 0 saturated carbocycles. The van der Waals surface area contributed by atoms with Gasteiger partial charge in [0.25, 0.3) is 5.91 Å². The second-order valence-corrected chi connectivity index (χ2v) is 7.20. The van der Waals surface area contributed by atoms with E-state index in [1.165, 1.54) is 22.2 Å². The molecule has 3 aromatic rings. The van der Waals surface area contributed by atoms with E-state index in [0.29, 0.717) is 12.2 Å². The van der Waals surface area contributed by atoms with Crippen molar-refractivity contribution in [3.05, 3.63) is 41.4 Å². The number of nitrogens with one attached hydrogen (secondary N) is 1. The first-order valence-corrected chi connectivity index (χ1v) is 9.45. The average molecular weight is 356 g/mol. The van der Waals surface area contributed by atoms with Crippen molar-refractivity contribution in [2.24, 2.45) is 0 Å². The fraction of sp³-hybridized carbons (Fsp3) is 0.368. The van der Waals surface area contributed by atoms with Gasteiger partial charge in [-0.2, -0.15) is 0 Å². The highest BCUT2D eigenvalue weighted by atomic mass is 32.1. The summed E-state index contributed by atoms with van der Waals surface area (Å²) in [7, 11) is 3.97. The van der Waals surface area contributed by atoms with Crippen LogP contribution in [0.15, 0.2) is 35.7 Å². The third kappa shape index (κ3) is 3.91. The lowest BCUT2D eigenvalue weighted by atomic mass is 10.2. The van der Waals surface area contributed by atoms with Crippen molar-refractivity contribution >= 4 is 28.1 Å². The summed E-state index contributed by atoms with van der Waals surface area (Å²) in [6, 6.07) is 10.5. The lowest BCUT2D eigenvalue weighted by Gasteiger charge is -2.09. The molecule has 1 N–H and O–H groups in total. The number of carbonyl (C=O) groups is 1. The fourth-order valence-corrected chi connectivity index (χ4v) is 3.66. The maximum Gasteiger partial charge on any atom is 0.270 e. The number of fused-ring (bicyclic) bond motifs is 1. The van der Waals surface area contributed by atoms with Crippen LogP contribution >= 0.6 is 11.3 Å². The summed E-state index contributed by atoms with van der Waals surface area (Å²) >= 11 is 1.52. The van der Waals surface area contributed by atoms with E-state index in [0.717, 1.165) is 30.2 Å². The predicted octanol–water partition coefficient (Wildman–Crippen LogP) is 3.47. The zero-order valence-corrected chi connectivity index (χ0v) is 15.8. The first-order chi connectivity index (χ1) is 12.1. The number of carbonyl (C=O) groups excluding carboxylic acids is 1. The molecule has 0 unspecified atom stereocenters. The minimum absolute atomic E-state index is 0.109. The number of hydrogen-bond donors (Lipinski definition) is 1. The molecule has 2 heterocycles. The van der Waals surface area contributed by atoms with Gasteiger partial charge < -0.3 is 14.8 Å². The van der Waals surface area contributed by atoms with Gasteiger partial charge in [0.15, 0.2) is 0 Å². The number of aromatic nitrogens is 2. The number of hydrogen-bond acceptors (Lipinski definition) is 4. The third-order valence-corrected chi connectivity index (χ3v) is 4.92. The molecular weight excluding hydrogens is 332 g/mol. The topological polar surface area (TPSA) is 50.2 Å². The van der Waals surface area contributed by atoms with Gasteiger partial charge in [-0.25, -0.2) is 4.98 Å². The Kier molecular flexibility index (Phi) is 5.50. The summed E-state index contributed by atoms with van der Waals surface area (Å²) in [5, 5.41) is 6.86. The predicted molar refractivity (Wildman–Crippen MR) is 104 cm³/mol. The Morgan fingerprint density at radius 1 is 1.32 bits per heavy atom. The largest absolute Gasteiger partial charge is 0.349 e. The number of nitrogens with zero attached hydrogens (tertiary/aromatic N) is 3. The average Bonchev–Trinajstić information content (AvgIpc) is 3.20. The van der Waals surface area contributed by atoms with Gasteiger partial charge in [-0.1, -0.05) is 25.1 Å². The second kappa shape index (κ2) is 7.80. The van der Waals surface area contributed by atoms with Crippen LogP contribution in [-0.2, 0) is 6.54 Å². The fourth-order valence-electron chi connectivity index (χ4n) is 2.83. The molecule has 0 bridgehead atoms. The Morgan fingerprint density at radius 3 is 2.88 bits per heavy atom.